The van der Waals surface area contributed by atoms with E-state index in [1.54, 1.807) is 19.2 Å². The largest absolute Gasteiger partial charge is 0.395 e. The Hall–Kier alpha value is -1.66. The predicted octanol–water partition coefficient (Wildman–Crippen LogP) is 1.45. The normalized spacial score (nSPS) is 12.5. The number of aliphatic hydroxyl groups is 1. The molecule has 0 aliphatic heterocycles. The van der Waals surface area contributed by atoms with Gasteiger partial charge in [-0.25, -0.2) is 0 Å². The van der Waals surface area contributed by atoms with Crippen molar-refractivity contribution in [3.8, 4) is 0 Å². The quantitative estimate of drug-likeness (QED) is 0.592. The molecule has 1 atom stereocenters. The van der Waals surface area contributed by atoms with Gasteiger partial charge in [0.2, 0.25) is 0 Å². The van der Waals surface area contributed by atoms with E-state index in [0.29, 0.717) is 6.54 Å². The van der Waals surface area contributed by atoms with E-state index in [9.17, 15) is 10.1 Å². The van der Waals surface area contributed by atoms with E-state index in [2.05, 4.69) is 5.32 Å². The van der Waals surface area contributed by atoms with Crippen molar-refractivity contribution in [1.82, 2.24) is 4.90 Å². The number of nitrogens with one attached hydrogen (secondary N) is 1. The van der Waals surface area contributed by atoms with Crippen LogP contribution >= 0.6 is 0 Å². The summed E-state index contributed by atoms with van der Waals surface area (Å²) in [6.07, 6.45) is 0. The zero-order valence-electron chi connectivity index (χ0n) is 10.9. The van der Waals surface area contributed by atoms with E-state index in [0.717, 1.165) is 11.3 Å². The molecule has 0 aliphatic carbocycles. The molecule has 0 heterocycles. The summed E-state index contributed by atoms with van der Waals surface area (Å²) in [6, 6.07) is 4.75. The summed E-state index contributed by atoms with van der Waals surface area (Å²) in [5.41, 5.74) is 1.78. The maximum absolute atomic E-state index is 10.8. The van der Waals surface area contributed by atoms with Gasteiger partial charge in [0, 0.05) is 37.5 Å². The van der Waals surface area contributed by atoms with Gasteiger partial charge >= 0.3 is 0 Å². The van der Waals surface area contributed by atoms with Crippen molar-refractivity contribution in [2.75, 3.05) is 26.0 Å². The first-order valence-electron chi connectivity index (χ1n) is 5.75. The Morgan fingerprint density at radius 1 is 1.56 bits per heavy atom. The molecule has 0 saturated heterocycles. The number of hydrogen-bond donors (Lipinski definition) is 2. The van der Waals surface area contributed by atoms with Crippen LogP contribution in [0.2, 0.25) is 0 Å². The monoisotopic (exact) mass is 253 g/mol. The minimum absolute atomic E-state index is 0.00830. The smallest absolute Gasteiger partial charge is 0.269 e. The first kappa shape index (κ1) is 14.4. The number of anilines is 1. The van der Waals surface area contributed by atoms with Crippen LogP contribution in [0.3, 0.4) is 0 Å². The molecule has 0 spiro atoms. The maximum Gasteiger partial charge on any atom is 0.269 e. The minimum Gasteiger partial charge on any atom is -0.395 e. The van der Waals surface area contributed by atoms with Crippen molar-refractivity contribution in [2.45, 2.75) is 19.5 Å². The highest BCUT2D eigenvalue weighted by molar-refractivity contribution is 5.55. The van der Waals surface area contributed by atoms with Crippen LogP contribution in [0.15, 0.2) is 18.2 Å². The number of nitro groups is 1. The molecular weight excluding hydrogens is 234 g/mol. The van der Waals surface area contributed by atoms with Crippen LogP contribution in [0.4, 0.5) is 11.4 Å². The van der Waals surface area contributed by atoms with Crippen LogP contribution in [-0.2, 0) is 6.54 Å². The lowest BCUT2D eigenvalue weighted by Crippen LogP contribution is -2.31. The average Bonchev–Trinajstić information content (AvgIpc) is 2.37. The molecule has 1 unspecified atom stereocenters. The Kier molecular flexibility index (Phi) is 5.06. The van der Waals surface area contributed by atoms with Crippen LogP contribution in [0.5, 0.6) is 0 Å². The van der Waals surface area contributed by atoms with Crippen molar-refractivity contribution in [3.05, 3.63) is 33.9 Å². The number of hydrogen-bond acceptors (Lipinski definition) is 5. The summed E-state index contributed by atoms with van der Waals surface area (Å²) >= 11 is 0. The van der Waals surface area contributed by atoms with Crippen LogP contribution in [0.25, 0.3) is 0 Å². The Bertz CT molecular complexity index is 423. The minimum atomic E-state index is -0.404. The van der Waals surface area contributed by atoms with Crippen molar-refractivity contribution in [1.29, 1.82) is 0 Å². The number of non-ortho nitro benzene ring substituents is 1. The van der Waals surface area contributed by atoms with Gasteiger partial charge in [-0.15, -0.1) is 0 Å². The summed E-state index contributed by atoms with van der Waals surface area (Å²) < 4.78 is 0. The SMILES string of the molecule is CNc1ccc([N+](=O)[O-])cc1CN(C)C(C)CO. The standard InChI is InChI=1S/C12H19N3O3/c1-9(8-16)14(3)7-10-6-11(15(17)18)4-5-12(10)13-2/h4-6,9,13,16H,7-8H2,1-3H3. The van der Waals surface area contributed by atoms with Gasteiger partial charge < -0.3 is 10.4 Å². The van der Waals surface area contributed by atoms with Gasteiger partial charge in [0.25, 0.3) is 5.69 Å². The van der Waals surface area contributed by atoms with Gasteiger partial charge in [-0.05, 0) is 25.6 Å². The highest BCUT2D eigenvalue weighted by atomic mass is 16.6. The van der Waals surface area contributed by atoms with Gasteiger partial charge in [-0.1, -0.05) is 0 Å². The fraction of sp³-hybridized carbons (Fsp3) is 0.500. The van der Waals surface area contributed by atoms with Gasteiger partial charge in [0.15, 0.2) is 0 Å². The lowest BCUT2D eigenvalue weighted by atomic mass is 10.1. The number of benzene rings is 1. The van der Waals surface area contributed by atoms with Crippen molar-refractivity contribution in [2.24, 2.45) is 0 Å². The summed E-state index contributed by atoms with van der Waals surface area (Å²) in [4.78, 5) is 12.3. The first-order chi connectivity index (χ1) is 8.49. The molecule has 6 nitrogen and oxygen atoms in total. The lowest BCUT2D eigenvalue weighted by Gasteiger charge is -2.23. The fourth-order valence-corrected chi connectivity index (χ4v) is 1.63. The molecule has 100 valence electrons. The van der Waals surface area contributed by atoms with E-state index in [4.69, 9.17) is 5.11 Å². The van der Waals surface area contributed by atoms with E-state index < -0.39 is 4.92 Å². The summed E-state index contributed by atoms with van der Waals surface area (Å²) in [6.45, 7) is 2.50. The number of nitrogens with zero attached hydrogens (tertiary/aromatic N) is 2. The summed E-state index contributed by atoms with van der Waals surface area (Å²) in [5.74, 6) is 0. The fourth-order valence-electron chi connectivity index (χ4n) is 1.63. The van der Waals surface area contributed by atoms with E-state index in [-0.39, 0.29) is 18.3 Å². The average molecular weight is 253 g/mol. The van der Waals surface area contributed by atoms with E-state index >= 15 is 0 Å². The number of likely N-dealkylation sites (N-methyl/N-ethyl adjacent to an activating group) is 1. The number of aliphatic hydroxyl groups excluding tert-OH is 1. The van der Waals surface area contributed by atoms with Crippen molar-refractivity contribution >= 4 is 11.4 Å². The highest BCUT2D eigenvalue weighted by Gasteiger charge is 2.14. The highest BCUT2D eigenvalue weighted by Crippen LogP contribution is 2.23. The molecule has 6 heteroatoms. The van der Waals surface area contributed by atoms with E-state index in [1.807, 2.05) is 18.9 Å². The molecule has 0 fully saturated rings. The molecule has 1 rings (SSSR count). The van der Waals surface area contributed by atoms with Gasteiger partial charge in [0.05, 0.1) is 11.5 Å². The molecule has 0 radical (unpaired) electrons. The molecule has 1 aromatic carbocycles. The molecule has 18 heavy (non-hydrogen) atoms. The van der Waals surface area contributed by atoms with Crippen LogP contribution in [0, 0.1) is 10.1 Å². The second kappa shape index (κ2) is 6.32. The summed E-state index contributed by atoms with van der Waals surface area (Å²) in [5, 5.41) is 22.9. The molecule has 0 aromatic heterocycles. The lowest BCUT2D eigenvalue weighted by molar-refractivity contribution is -0.384. The van der Waals surface area contributed by atoms with Crippen molar-refractivity contribution < 1.29 is 10.0 Å². The number of rotatable bonds is 6. The second-order valence-electron chi connectivity index (χ2n) is 4.30. The molecule has 0 bridgehead atoms. The Labute approximate surface area is 106 Å². The zero-order chi connectivity index (χ0) is 13.7. The molecule has 2 N–H and O–H groups in total. The second-order valence-corrected chi connectivity index (χ2v) is 4.30. The molecule has 0 aliphatic rings. The van der Waals surface area contributed by atoms with Crippen LogP contribution in [-0.4, -0.2) is 41.7 Å². The third-order valence-corrected chi connectivity index (χ3v) is 3.01. The third kappa shape index (κ3) is 3.41. The third-order valence-electron chi connectivity index (χ3n) is 3.01. The number of nitro benzene ring substituents is 1. The molecule has 0 amide bonds. The van der Waals surface area contributed by atoms with Crippen molar-refractivity contribution in [3.63, 3.8) is 0 Å². The Balaban J connectivity index is 2.97. The predicted molar refractivity (Wildman–Crippen MR) is 70.7 cm³/mol. The molecule has 0 saturated carbocycles. The zero-order valence-corrected chi connectivity index (χ0v) is 10.9. The van der Waals surface area contributed by atoms with E-state index in [1.165, 1.54) is 6.07 Å². The topological polar surface area (TPSA) is 78.6 Å². The summed E-state index contributed by atoms with van der Waals surface area (Å²) in [7, 11) is 3.65. The molecule has 1 aromatic rings. The first-order valence-corrected chi connectivity index (χ1v) is 5.75. The Morgan fingerprint density at radius 2 is 2.22 bits per heavy atom. The van der Waals surface area contributed by atoms with Gasteiger partial charge in [-0.2, -0.15) is 0 Å². The van der Waals surface area contributed by atoms with Crippen LogP contribution in [0.1, 0.15) is 12.5 Å². The van der Waals surface area contributed by atoms with Gasteiger partial charge in [-0.3, -0.25) is 15.0 Å². The van der Waals surface area contributed by atoms with Gasteiger partial charge in [0.1, 0.15) is 0 Å². The maximum atomic E-state index is 10.8. The van der Waals surface area contributed by atoms with Crippen LogP contribution < -0.4 is 5.32 Å². The Morgan fingerprint density at radius 3 is 2.72 bits per heavy atom. The molecular formula is C12H19N3O3.